The van der Waals surface area contributed by atoms with Crippen LogP contribution in [0, 0.1) is 17.3 Å². The van der Waals surface area contributed by atoms with Gasteiger partial charge in [-0.15, -0.1) is 0 Å². The fraction of sp³-hybridized carbons (Fsp3) is 1.00. The number of hydrogen-bond donors (Lipinski definition) is 0. The second-order valence-electron chi connectivity index (χ2n) is 6.69. The Labute approximate surface area is 110 Å². The van der Waals surface area contributed by atoms with Gasteiger partial charge < -0.3 is 4.90 Å². The Morgan fingerprint density at radius 1 is 1.24 bits per heavy atom. The predicted molar refractivity (Wildman–Crippen MR) is 79.4 cm³/mol. The first-order chi connectivity index (χ1) is 7.83. The van der Waals surface area contributed by atoms with E-state index >= 15 is 0 Å². The average molecular weight is 241 g/mol. The highest BCUT2D eigenvalue weighted by molar-refractivity contribution is 4.71. The summed E-state index contributed by atoms with van der Waals surface area (Å²) >= 11 is 0. The zero-order valence-corrected chi connectivity index (χ0v) is 13.3. The topological polar surface area (TPSA) is 3.24 Å². The molecule has 0 bridgehead atoms. The van der Waals surface area contributed by atoms with Crippen molar-refractivity contribution in [3.8, 4) is 0 Å². The second kappa shape index (κ2) is 8.13. The van der Waals surface area contributed by atoms with Crippen LogP contribution in [0.2, 0.25) is 0 Å². The van der Waals surface area contributed by atoms with Gasteiger partial charge in [-0.1, -0.05) is 54.9 Å². The standard InChI is InChI=1S/C8H17N.C8H18/c1-3-5-9-6-4-8(2)7-9;1-6-8(4,5)7(2)3/h8H,3-7H2,1-2H3;7H,6H2,1-5H3/t8-;/m0./s1. The maximum Gasteiger partial charge on any atom is 0.000749 e. The predicted octanol–water partition coefficient (Wildman–Crippen LogP) is 4.82. The molecule has 1 aliphatic rings. The van der Waals surface area contributed by atoms with Gasteiger partial charge >= 0.3 is 0 Å². The van der Waals surface area contributed by atoms with Gasteiger partial charge in [0.1, 0.15) is 0 Å². The Morgan fingerprint density at radius 3 is 2.06 bits per heavy atom. The van der Waals surface area contributed by atoms with E-state index in [4.69, 9.17) is 0 Å². The summed E-state index contributed by atoms with van der Waals surface area (Å²) < 4.78 is 0. The van der Waals surface area contributed by atoms with Gasteiger partial charge in [0, 0.05) is 6.54 Å². The SMILES string of the molecule is CCC(C)(C)C(C)C.CCCN1CC[C@H](C)C1. The van der Waals surface area contributed by atoms with E-state index in [2.05, 4.69) is 53.4 Å². The van der Waals surface area contributed by atoms with E-state index in [0.717, 1.165) is 11.8 Å². The third-order valence-corrected chi connectivity index (χ3v) is 4.52. The van der Waals surface area contributed by atoms with Crippen molar-refractivity contribution in [3.05, 3.63) is 0 Å². The molecule has 1 nitrogen and oxygen atoms in total. The molecule has 0 saturated carbocycles. The van der Waals surface area contributed by atoms with E-state index < -0.39 is 0 Å². The highest BCUT2D eigenvalue weighted by Gasteiger charge is 2.18. The molecule has 1 saturated heterocycles. The summed E-state index contributed by atoms with van der Waals surface area (Å²) in [6, 6.07) is 0. The number of hydrogen-bond acceptors (Lipinski definition) is 1. The average Bonchev–Trinajstić information content (AvgIpc) is 2.65. The molecule has 17 heavy (non-hydrogen) atoms. The minimum Gasteiger partial charge on any atom is -0.303 e. The third kappa shape index (κ3) is 7.08. The lowest BCUT2D eigenvalue weighted by atomic mass is 9.79. The van der Waals surface area contributed by atoms with Crippen molar-refractivity contribution in [2.24, 2.45) is 17.3 Å². The van der Waals surface area contributed by atoms with Crippen molar-refractivity contribution in [3.63, 3.8) is 0 Å². The van der Waals surface area contributed by atoms with Crippen LogP contribution in [0.3, 0.4) is 0 Å². The van der Waals surface area contributed by atoms with Crippen molar-refractivity contribution in [2.45, 2.75) is 67.7 Å². The molecule has 1 atom stereocenters. The van der Waals surface area contributed by atoms with Crippen LogP contribution in [-0.4, -0.2) is 24.5 Å². The first-order valence-electron chi connectivity index (χ1n) is 7.55. The van der Waals surface area contributed by atoms with Gasteiger partial charge in [0.05, 0.1) is 0 Å². The smallest absolute Gasteiger partial charge is 0.000749 e. The molecule has 0 radical (unpaired) electrons. The fourth-order valence-corrected chi connectivity index (χ4v) is 1.95. The normalized spacial score (nSPS) is 21.5. The maximum absolute atomic E-state index is 2.56. The maximum atomic E-state index is 2.56. The first-order valence-corrected chi connectivity index (χ1v) is 7.55. The Kier molecular flexibility index (Phi) is 8.11. The minimum absolute atomic E-state index is 0.542. The third-order valence-electron chi connectivity index (χ3n) is 4.52. The van der Waals surface area contributed by atoms with Gasteiger partial charge in [-0.05, 0) is 43.2 Å². The number of rotatable bonds is 4. The van der Waals surface area contributed by atoms with Gasteiger partial charge in [0.15, 0.2) is 0 Å². The summed E-state index contributed by atoms with van der Waals surface area (Å²) in [4.78, 5) is 2.56. The number of nitrogens with zero attached hydrogens (tertiary/aromatic N) is 1. The molecule has 0 aromatic rings. The largest absolute Gasteiger partial charge is 0.303 e. The molecule has 0 amide bonds. The second-order valence-corrected chi connectivity index (χ2v) is 6.69. The summed E-state index contributed by atoms with van der Waals surface area (Å²) in [5, 5.41) is 0. The van der Waals surface area contributed by atoms with Crippen LogP contribution in [0.4, 0.5) is 0 Å². The van der Waals surface area contributed by atoms with E-state index in [1.807, 2.05) is 0 Å². The quantitative estimate of drug-likeness (QED) is 0.682. The summed E-state index contributed by atoms with van der Waals surface area (Å²) in [7, 11) is 0. The molecule has 0 aromatic carbocycles. The molecule has 0 spiro atoms. The minimum atomic E-state index is 0.542. The monoisotopic (exact) mass is 241 g/mol. The van der Waals surface area contributed by atoms with Crippen LogP contribution in [0.5, 0.6) is 0 Å². The molecular weight excluding hydrogens is 206 g/mol. The van der Waals surface area contributed by atoms with Crippen LogP contribution in [0.25, 0.3) is 0 Å². The van der Waals surface area contributed by atoms with Gasteiger partial charge in [0.25, 0.3) is 0 Å². The van der Waals surface area contributed by atoms with E-state index in [1.54, 1.807) is 0 Å². The summed E-state index contributed by atoms with van der Waals surface area (Å²) in [5.74, 6) is 1.77. The fourth-order valence-electron chi connectivity index (χ4n) is 1.95. The molecule has 0 aliphatic carbocycles. The Hall–Kier alpha value is -0.0400. The summed E-state index contributed by atoms with van der Waals surface area (Å²) in [5.41, 5.74) is 0.542. The van der Waals surface area contributed by atoms with Crippen LogP contribution >= 0.6 is 0 Å². The molecule has 104 valence electrons. The van der Waals surface area contributed by atoms with E-state index in [1.165, 1.54) is 38.9 Å². The molecule has 1 rings (SSSR count). The Bertz CT molecular complexity index is 182. The molecule has 1 heteroatoms. The molecule has 1 heterocycles. The van der Waals surface area contributed by atoms with Crippen LogP contribution in [0.1, 0.15) is 67.7 Å². The zero-order chi connectivity index (χ0) is 13.5. The van der Waals surface area contributed by atoms with Crippen molar-refractivity contribution >= 4 is 0 Å². The zero-order valence-electron chi connectivity index (χ0n) is 13.3. The van der Waals surface area contributed by atoms with Crippen molar-refractivity contribution in [2.75, 3.05) is 19.6 Å². The van der Waals surface area contributed by atoms with Gasteiger partial charge in [0.2, 0.25) is 0 Å². The van der Waals surface area contributed by atoms with Crippen LogP contribution in [0.15, 0.2) is 0 Å². The van der Waals surface area contributed by atoms with E-state index in [9.17, 15) is 0 Å². The molecule has 0 N–H and O–H groups in total. The van der Waals surface area contributed by atoms with E-state index in [0.29, 0.717) is 5.41 Å². The Morgan fingerprint density at radius 2 is 1.82 bits per heavy atom. The first kappa shape index (κ1) is 17.0. The lowest BCUT2D eigenvalue weighted by Gasteiger charge is -2.27. The highest BCUT2D eigenvalue weighted by atomic mass is 15.1. The van der Waals surface area contributed by atoms with Gasteiger partial charge in [-0.25, -0.2) is 0 Å². The van der Waals surface area contributed by atoms with Crippen LogP contribution < -0.4 is 0 Å². The van der Waals surface area contributed by atoms with Gasteiger partial charge in [-0.3, -0.25) is 0 Å². The molecule has 1 fully saturated rings. The van der Waals surface area contributed by atoms with Crippen molar-refractivity contribution < 1.29 is 0 Å². The molecule has 1 aliphatic heterocycles. The molecular formula is C16H35N. The Balaban J connectivity index is 0.000000304. The number of likely N-dealkylation sites (tertiary alicyclic amines) is 1. The molecule has 0 unspecified atom stereocenters. The lowest BCUT2D eigenvalue weighted by Crippen LogP contribution is -2.20. The summed E-state index contributed by atoms with van der Waals surface area (Å²) in [6.07, 6.45) is 4.01. The van der Waals surface area contributed by atoms with Crippen LogP contribution in [-0.2, 0) is 0 Å². The van der Waals surface area contributed by atoms with Gasteiger partial charge in [-0.2, -0.15) is 0 Å². The van der Waals surface area contributed by atoms with Crippen molar-refractivity contribution in [1.82, 2.24) is 4.90 Å². The summed E-state index contributed by atoms with van der Waals surface area (Å²) in [6.45, 7) is 20.0. The van der Waals surface area contributed by atoms with Crippen molar-refractivity contribution in [1.29, 1.82) is 0 Å². The lowest BCUT2D eigenvalue weighted by molar-refractivity contribution is 0.240. The highest BCUT2D eigenvalue weighted by Crippen LogP contribution is 2.28. The molecule has 0 aromatic heterocycles. The van der Waals surface area contributed by atoms with E-state index in [-0.39, 0.29) is 0 Å².